The van der Waals surface area contributed by atoms with Gasteiger partial charge in [0.15, 0.2) is 0 Å². The molecule has 0 bridgehead atoms. The third-order valence-corrected chi connectivity index (χ3v) is 4.37. The van der Waals surface area contributed by atoms with Crippen molar-refractivity contribution in [1.82, 2.24) is 15.6 Å². The van der Waals surface area contributed by atoms with Crippen molar-refractivity contribution in [3.8, 4) is 11.3 Å². The summed E-state index contributed by atoms with van der Waals surface area (Å²) in [5.74, 6) is -0.352. The molecule has 2 N–H and O–H groups in total. The molecule has 5 nitrogen and oxygen atoms in total. The normalized spacial score (nSPS) is 11.7. The maximum atomic E-state index is 12.2. The Balaban J connectivity index is 1.61. The average molecular weight is 423 g/mol. The largest absolute Gasteiger partial charge is 0.289 e. The number of carbonyl (C=O) groups is 1. The second-order valence-electron chi connectivity index (χ2n) is 5.86. The molecule has 1 aromatic heterocycles. The van der Waals surface area contributed by atoms with Crippen LogP contribution >= 0.6 is 15.9 Å². The standard InChI is InChI=1S/C21H19BrN4O/c1-2-15-8-10-17(11-9-15)19-13-20(25-24-19)21(27)26-23-14-18(22)12-16-6-4-3-5-7-16/h3-14H,2H2,1H3,(H,24,25)(H,26,27)/b18-12-,23-14-. The Morgan fingerprint density at radius 1 is 1.19 bits per heavy atom. The number of aromatic nitrogens is 2. The van der Waals surface area contributed by atoms with Crippen LogP contribution in [0.4, 0.5) is 0 Å². The van der Waals surface area contributed by atoms with Crippen LogP contribution < -0.4 is 5.43 Å². The first-order valence-corrected chi connectivity index (χ1v) is 9.35. The molecule has 0 spiro atoms. The quantitative estimate of drug-likeness (QED) is 0.442. The number of hydrazone groups is 1. The van der Waals surface area contributed by atoms with Crippen molar-refractivity contribution >= 4 is 34.1 Å². The fourth-order valence-corrected chi connectivity index (χ4v) is 2.82. The number of halogens is 1. The van der Waals surface area contributed by atoms with Crippen LogP contribution in [-0.4, -0.2) is 22.3 Å². The lowest BCUT2D eigenvalue weighted by atomic mass is 10.1. The molecule has 0 radical (unpaired) electrons. The molecular formula is C21H19BrN4O. The van der Waals surface area contributed by atoms with Gasteiger partial charge in [-0.25, -0.2) is 5.43 Å². The van der Waals surface area contributed by atoms with Crippen molar-refractivity contribution < 1.29 is 4.79 Å². The molecule has 0 saturated carbocycles. The van der Waals surface area contributed by atoms with Gasteiger partial charge in [0, 0.05) is 10.0 Å². The van der Waals surface area contributed by atoms with Crippen LogP contribution in [-0.2, 0) is 6.42 Å². The lowest BCUT2D eigenvalue weighted by Crippen LogP contribution is -2.17. The van der Waals surface area contributed by atoms with Gasteiger partial charge in [0.1, 0.15) is 5.69 Å². The predicted molar refractivity (Wildman–Crippen MR) is 113 cm³/mol. The van der Waals surface area contributed by atoms with Gasteiger partial charge in [-0.1, -0.05) is 61.5 Å². The number of nitrogens with one attached hydrogen (secondary N) is 2. The van der Waals surface area contributed by atoms with Gasteiger partial charge in [-0.05, 0) is 45.6 Å². The van der Waals surface area contributed by atoms with Crippen LogP contribution in [0, 0.1) is 0 Å². The Morgan fingerprint density at radius 2 is 1.93 bits per heavy atom. The molecule has 2 aromatic carbocycles. The number of carbonyl (C=O) groups excluding carboxylic acids is 1. The molecule has 6 heteroatoms. The number of amides is 1. The summed E-state index contributed by atoms with van der Waals surface area (Å²) in [7, 11) is 0. The first-order chi connectivity index (χ1) is 13.2. The van der Waals surface area contributed by atoms with E-state index in [1.54, 1.807) is 6.07 Å². The van der Waals surface area contributed by atoms with Crippen molar-refractivity contribution in [1.29, 1.82) is 0 Å². The molecule has 0 aliphatic heterocycles. The maximum Gasteiger partial charge on any atom is 0.289 e. The molecule has 0 fully saturated rings. The van der Waals surface area contributed by atoms with E-state index in [0.717, 1.165) is 27.7 Å². The molecule has 0 aliphatic carbocycles. The highest BCUT2D eigenvalue weighted by Crippen LogP contribution is 2.18. The fourth-order valence-electron chi connectivity index (χ4n) is 2.46. The molecule has 1 heterocycles. The highest BCUT2D eigenvalue weighted by atomic mass is 79.9. The topological polar surface area (TPSA) is 70.1 Å². The molecule has 1 amide bonds. The van der Waals surface area contributed by atoms with Gasteiger partial charge in [0.2, 0.25) is 0 Å². The van der Waals surface area contributed by atoms with E-state index in [1.165, 1.54) is 11.8 Å². The molecule has 0 unspecified atom stereocenters. The van der Waals surface area contributed by atoms with E-state index in [9.17, 15) is 4.79 Å². The fraction of sp³-hybridized carbons (Fsp3) is 0.0952. The number of H-pyrrole nitrogens is 1. The number of hydrogen-bond donors (Lipinski definition) is 2. The highest BCUT2D eigenvalue weighted by molar-refractivity contribution is 9.12. The van der Waals surface area contributed by atoms with E-state index >= 15 is 0 Å². The van der Waals surface area contributed by atoms with E-state index < -0.39 is 0 Å². The number of benzene rings is 2. The molecule has 136 valence electrons. The van der Waals surface area contributed by atoms with Crippen LogP contribution in [0.25, 0.3) is 17.3 Å². The van der Waals surface area contributed by atoms with Gasteiger partial charge in [0.05, 0.1) is 11.9 Å². The van der Waals surface area contributed by atoms with Crippen molar-refractivity contribution in [3.05, 3.63) is 82.0 Å². The zero-order chi connectivity index (χ0) is 19.1. The minimum Gasteiger partial charge on any atom is -0.272 e. The first-order valence-electron chi connectivity index (χ1n) is 8.56. The number of nitrogens with zero attached hydrogens (tertiary/aromatic N) is 2. The molecular weight excluding hydrogens is 404 g/mol. The van der Waals surface area contributed by atoms with Gasteiger partial charge in [0.25, 0.3) is 5.91 Å². The van der Waals surface area contributed by atoms with E-state index in [2.05, 4.69) is 55.7 Å². The average Bonchev–Trinajstić information content (AvgIpc) is 3.19. The summed E-state index contributed by atoms with van der Waals surface area (Å²) in [6.07, 6.45) is 4.43. The van der Waals surface area contributed by atoms with Crippen LogP contribution in [0.3, 0.4) is 0 Å². The monoisotopic (exact) mass is 422 g/mol. The minimum absolute atomic E-state index is 0.352. The van der Waals surface area contributed by atoms with Crippen molar-refractivity contribution in [2.75, 3.05) is 0 Å². The third-order valence-electron chi connectivity index (χ3n) is 3.94. The van der Waals surface area contributed by atoms with Gasteiger partial charge in [-0.2, -0.15) is 10.2 Å². The predicted octanol–water partition coefficient (Wildman–Crippen LogP) is 4.79. The highest BCUT2D eigenvalue weighted by Gasteiger charge is 2.10. The molecule has 3 aromatic rings. The minimum atomic E-state index is -0.352. The first kappa shape index (κ1) is 18.8. The van der Waals surface area contributed by atoms with Crippen LogP contribution in [0.5, 0.6) is 0 Å². The van der Waals surface area contributed by atoms with E-state index in [4.69, 9.17) is 0 Å². The van der Waals surface area contributed by atoms with E-state index in [-0.39, 0.29) is 5.91 Å². The lowest BCUT2D eigenvalue weighted by molar-refractivity contribution is 0.0950. The SMILES string of the molecule is CCc1ccc(-c2cc(C(=O)N/N=C\C(Br)=C\c3ccccc3)[nH]n2)cc1. The Hall–Kier alpha value is -2.99. The zero-order valence-electron chi connectivity index (χ0n) is 14.8. The third kappa shape index (κ3) is 5.24. The number of aryl methyl sites for hydroxylation is 1. The van der Waals surface area contributed by atoms with Gasteiger partial charge in [-0.15, -0.1) is 0 Å². The number of rotatable bonds is 6. The smallest absolute Gasteiger partial charge is 0.272 e. The number of hydrogen-bond acceptors (Lipinski definition) is 3. The maximum absolute atomic E-state index is 12.2. The van der Waals surface area contributed by atoms with Crippen molar-refractivity contribution in [2.24, 2.45) is 5.10 Å². The second-order valence-corrected chi connectivity index (χ2v) is 6.77. The van der Waals surface area contributed by atoms with Crippen molar-refractivity contribution in [2.45, 2.75) is 13.3 Å². The Bertz CT molecular complexity index is 959. The number of aromatic amines is 1. The summed E-state index contributed by atoms with van der Waals surface area (Å²) >= 11 is 3.41. The summed E-state index contributed by atoms with van der Waals surface area (Å²) in [5, 5.41) is 10.9. The molecule has 27 heavy (non-hydrogen) atoms. The van der Waals surface area contributed by atoms with Crippen LogP contribution in [0.1, 0.15) is 28.5 Å². The number of allylic oxidation sites excluding steroid dienone is 1. The molecule has 0 aliphatic rings. The molecule has 0 atom stereocenters. The zero-order valence-corrected chi connectivity index (χ0v) is 16.4. The Kier molecular flexibility index (Phi) is 6.33. The van der Waals surface area contributed by atoms with Crippen LogP contribution in [0.2, 0.25) is 0 Å². The Labute approximate surface area is 166 Å². The lowest BCUT2D eigenvalue weighted by Gasteiger charge is -1.98. The summed E-state index contributed by atoms with van der Waals surface area (Å²) in [4.78, 5) is 12.2. The second kappa shape index (κ2) is 9.09. The van der Waals surface area contributed by atoms with E-state index in [0.29, 0.717) is 5.69 Å². The Morgan fingerprint density at radius 3 is 2.63 bits per heavy atom. The van der Waals surface area contributed by atoms with E-state index in [1.807, 2.05) is 48.5 Å². The van der Waals surface area contributed by atoms with Gasteiger partial charge in [-0.3, -0.25) is 9.89 Å². The summed E-state index contributed by atoms with van der Waals surface area (Å²) in [5.41, 5.74) is 6.81. The summed E-state index contributed by atoms with van der Waals surface area (Å²) in [6, 6.07) is 19.7. The van der Waals surface area contributed by atoms with Gasteiger partial charge < -0.3 is 0 Å². The van der Waals surface area contributed by atoms with Crippen molar-refractivity contribution in [3.63, 3.8) is 0 Å². The van der Waals surface area contributed by atoms with Crippen LogP contribution in [0.15, 0.2) is 70.2 Å². The summed E-state index contributed by atoms with van der Waals surface area (Å²) < 4.78 is 0.746. The molecule has 3 rings (SSSR count). The summed E-state index contributed by atoms with van der Waals surface area (Å²) in [6.45, 7) is 2.11. The molecule has 0 saturated heterocycles. The van der Waals surface area contributed by atoms with Gasteiger partial charge >= 0.3 is 0 Å².